The lowest BCUT2D eigenvalue weighted by molar-refractivity contribution is 0.232. The van der Waals surface area contributed by atoms with E-state index >= 15 is 0 Å². The summed E-state index contributed by atoms with van der Waals surface area (Å²) in [6, 6.07) is 0.181. The predicted octanol–water partition coefficient (Wildman–Crippen LogP) is 2.94. The van der Waals surface area contributed by atoms with Crippen LogP contribution in [0.3, 0.4) is 0 Å². The lowest BCUT2D eigenvalue weighted by Crippen LogP contribution is -2.28. The summed E-state index contributed by atoms with van der Waals surface area (Å²) >= 11 is 5.89. The van der Waals surface area contributed by atoms with Crippen molar-refractivity contribution in [1.82, 2.24) is 9.97 Å². The van der Waals surface area contributed by atoms with E-state index in [2.05, 4.69) is 29.1 Å². The molecule has 0 fully saturated rings. The summed E-state index contributed by atoms with van der Waals surface area (Å²) in [6.45, 7) is 8.14. The van der Waals surface area contributed by atoms with Crippen LogP contribution in [0.25, 0.3) is 0 Å². The molecule has 0 aromatic carbocycles. The van der Waals surface area contributed by atoms with Crippen LogP contribution in [-0.4, -0.2) is 28.0 Å². The third kappa shape index (κ3) is 4.77. The first-order valence-electron chi connectivity index (χ1n) is 5.84. The summed E-state index contributed by atoms with van der Waals surface area (Å²) in [5.74, 6) is 2.20. The van der Waals surface area contributed by atoms with Crippen LogP contribution in [0.5, 0.6) is 5.88 Å². The van der Waals surface area contributed by atoms with E-state index in [1.54, 1.807) is 12.4 Å². The number of aromatic nitrogens is 2. The average Bonchev–Trinajstić information content (AvgIpc) is 2.25. The maximum Gasteiger partial charge on any atom is 0.234 e. The molecule has 0 bridgehead atoms. The lowest BCUT2D eigenvalue weighted by Gasteiger charge is -2.20. The van der Waals surface area contributed by atoms with E-state index < -0.39 is 0 Å². The van der Waals surface area contributed by atoms with E-state index in [-0.39, 0.29) is 12.1 Å². The second-order valence-corrected chi connectivity index (χ2v) is 4.87. The fourth-order valence-corrected chi connectivity index (χ4v) is 1.72. The molecule has 0 spiro atoms. The van der Waals surface area contributed by atoms with Gasteiger partial charge in [0, 0.05) is 11.9 Å². The van der Waals surface area contributed by atoms with E-state index in [0.717, 1.165) is 0 Å². The first-order chi connectivity index (χ1) is 8.02. The molecule has 1 unspecified atom stereocenters. The number of anilines is 1. The van der Waals surface area contributed by atoms with E-state index in [4.69, 9.17) is 16.3 Å². The lowest BCUT2D eigenvalue weighted by atomic mass is 10.1. The molecule has 0 aliphatic carbocycles. The minimum absolute atomic E-state index is 0.0912. The minimum atomic E-state index is 0.0912. The molecular weight excluding hydrogens is 238 g/mol. The summed E-state index contributed by atoms with van der Waals surface area (Å²) in [6.07, 6.45) is 3.37. The normalized spacial score (nSPS) is 12.9. The maximum absolute atomic E-state index is 5.89. The molecule has 0 amide bonds. The molecule has 0 saturated carbocycles. The van der Waals surface area contributed by atoms with Gasteiger partial charge in [-0.3, -0.25) is 4.98 Å². The number of rotatable bonds is 6. The van der Waals surface area contributed by atoms with Crippen LogP contribution in [0.4, 0.5) is 5.82 Å². The van der Waals surface area contributed by atoms with Crippen LogP contribution in [0.15, 0.2) is 12.4 Å². The number of ether oxygens (including phenoxy) is 1. The molecule has 1 aromatic rings. The molecule has 0 aliphatic rings. The molecule has 0 saturated heterocycles. The molecule has 1 atom stereocenters. The SMILES string of the molecule is CC(C)Oc1cncc(NC(CCl)C(C)C)n1. The molecule has 4 nitrogen and oxygen atoms in total. The molecule has 17 heavy (non-hydrogen) atoms. The smallest absolute Gasteiger partial charge is 0.234 e. The second-order valence-electron chi connectivity index (χ2n) is 4.56. The monoisotopic (exact) mass is 257 g/mol. The van der Waals surface area contributed by atoms with Crippen molar-refractivity contribution in [1.29, 1.82) is 0 Å². The van der Waals surface area contributed by atoms with Gasteiger partial charge >= 0.3 is 0 Å². The number of hydrogen-bond acceptors (Lipinski definition) is 4. The molecule has 96 valence electrons. The fraction of sp³-hybridized carbons (Fsp3) is 0.667. The number of halogens is 1. The Morgan fingerprint density at radius 1 is 1.29 bits per heavy atom. The second kappa shape index (κ2) is 6.64. The van der Waals surface area contributed by atoms with Crippen molar-refractivity contribution in [2.75, 3.05) is 11.2 Å². The standard InChI is InChI=1S/C12H20ClN3O/c1-8(2)10(5-13)15-11-6-14-7-12(16-11)17-9(3)4/h6-10H,5H2,1-4H3,(H,15,16). The van der Waals surface area contributed by atoms with E-state index in [1.165, 1.54) is 0 Å². The quantitative estimate of drug-likeness (QED) is 0.796. The Morgan fingerprint density at radius 3 is 2.53 bits per heavy atom. The average molecular weight is 258 g/mol. The Morgan fingerprint density at radius 2 is 2.00 bits per heavy atom. The number of hydrogen-bond donors (Lipinski definition) is 1. The molecule has 1 heterocycles. The zero-order valence-electron chi connectivity index (χ0n) is 10.8. The Bertz CT molecular complexity index is 344. The summed E-state index contributed by atoms with van der Waals surface area (Å²) in [7, 11) is 0. The molecule has 1 aromatic heterocycles. The maximum atomic E-state index is 5.89. The van der Waals surface area contributed by atoms with Crippen molar-refractivity contribution in [3.8, 4) is 5.88 Å². The highest BCUT2D eigenvalue weighted by Gasteiger charge is 2.13. The van der Waals surface area contributed by atoms with Gasteiger partial charge in [0.2, 0.25) is 5.88 Å². The predicted molar refractivity (Wildman–Crippen MR) is 70.8 cm³/mol. The van der Waals surface area contributed by atoms with Crippen LogP contribution in [-0.2, 0) is 0 Å². The zero-order valence-corrected chi connectivity index (χ0v) is 11.5. The number of alkyl halides is 1. The van der Waals surface area contributed by atoms with Crippen molar-refractivity contribution < 1.29 is 4.74 Å². The molecule has 0 radical (unpaired) electrons. The molecule has 5 heteroatoms. The van der Waals surface area contributed by atoms with Crippen molar-refractivity contribution >= 4 is 17.4 Å². The Hall–Kier alpha value is -1.03. The number of nitrogens with zero attached hydrogens (tertiary/aromatic N) is 2. The van der Waals surface area contributed by atoms with Gasteiger partial charge in [-0.15, -0.1) is 11.6 Å². The first kappa shape index (κ1) is 14.0. The van der Waals surface area contributed by atoms with Crippen molar-refractivity contribution in [2.45, 2.75) is 39.8 Å². The van der Waals surface area contributed by atoms with Gasteiger partial charge in [-0.1, -0.05) is 13.8 Å². The Kier molecular flexibility index (Phi) is 5.48. The van der Waals surface area contributed by atoms with Crippen molar-refractivity contribution in [2.24, 2.45) is 5.92 Å². The summed E-state index contributed by atoms with van der Waals surface area (Å²) < 4.78 is 5.48. The van der Waals surface area contributed by atoms with Gasteiger partial charge in [-0.05, 0) is 19.8 Å². The first-order valence-corrected chi connectivity index (χ1v) is 6.37. The fourth-order valence-electron chi connectivity index (χ4n) is 1.29. The Balaban J connectivity index is 2.70. The van der Waals surface area contributed by atoms with Gasteiger partial charge in [0.25, 0.3) is 0 Å². The zero-order chi connectivity index (χ0) is 12.8. The van der Waals surface area contributed by atoms with E-state index in [9.17, 15) is 0 Å². The topological polar surface area (TPSA) is 47.0 Å². The third-order valence-electron chi connectivity index (χ3n) is 2.27. The van der Waals surface area contributed by atoms with Crippen LogP contribution < -0.4 is 10.1 Å². The third-order valence-corrected chi connectivity index (χ3v) is 2.61. The van der Waals surface area contributed by atoms with Crippen molar-refractivity contribution in [3.63, 3.8) is 0 Å². The summed E-state index contributed by atoms with van der Waals surface area (Å²) in [5, 5.41) is 3.26. The van der Waals surface area contributed by atoms with Gasteiger partial charge in [0.15, 0.2) is 0 Å². The van der Waals surface area contributed by atoms with Gasteiger partial charge in [0.1, 0.15) is 5.82 Å². The molecule has 0 aliphatic heterocycles. The van der Waals surface area contributed by atoms with Crippen LogP contribution in [0, 0.1) is 5.92 Å². The van der Waals surface area contributed by atoms with Gasteiger partial charge in [-0.2, -0.15) is 4.98 Å². The van der Waals surface area contributed by atoms with Crippen LogP contribution >= 0.6 is 11.6 Å². The molecular formula is C12H20ClN3O. The van der Waals surface area contributed by atoms with Crippen LogP contribution in [0.2, 0.25) is 0 Å². The van der Waals surface area contributed by atoms with Crippen LogP contribution in [0.1, 0.15) is 27.7 Å². The summed E-state index contributed by atoms with van der Waals surface area (Å²) in [4.78, 5) is 8.42. The minimum Gasteiger partial charge on any atom is -0.474 e. The van der Waals surface area contributed by atoms with E-state index in [0.29, 0.717) is 23.5 Å². The molecule has 1 N–H and O–H groups in total. The largest absolute Gasteiger partial charge is 0.474 e. The van der Waals surface area contributed by atoms with Gasteiger partial charge in [-0.25, -0.2) is 0 Å². The Labute approximate surface area is 108 Å². The highest BCUT2D eigenvalue weighted by atomic mass is 35.5. The summed E-state index contributed by atoms with van der Waals surface area (Å²) in [5.41, 5.74) is 0. The van der Waals surface area contributed by atoms with Gasteiger partial charge in [0.05, 0.1) is 18.5 Å². The highest BCUT2D eigenvalue weighted by Crippen LogP contribution is 2.14. The highest BCUT2D eigenvalue weighted by molar-refractivity contribution is 6.18. The van der Waals surface area contributed by atoms with Crippen molar-refractivity contribution in [3.05, 3.63) is 12.4 Å². The van der Waals surface area contributed by atoms with E-state index in [1.807, 2.05) is 13.8 Å². The molecule has 1 rings (SSSR count). The van der Waals surface area contributed by atoms with Gasteiger partial charge < -0.3 is 10.1 Å². The number of nitrogens with one attached hydrogen (secondary N) is 1.